The number of ether oxygens (including phenoxy) is 1. The van der Waals surface area contributed by atoms with Gasteiger partial charge in [0.15, 0.2) is 6.61 Å². The van der Waals surface area contributed by atoms with Gasteiger partial charge in [0.25, 0.3) is 11.6 Å². The van der Waals surface area contributed by atoms with Gasteiger partial charge in [0.05, 0.1) is 10.5 Å². The Morgan fingerprint density at radius 2 is 1.84 bits per heavy atom. The second kappa shape index (κ2) is 8.15. The van der Waals surface area contributed by atoms with Crippen LogP contribution in [0.15, 0.2) is 72.8 Å². The second-order valence-corrected chi connectivity index (χ2v) is 6.80. The van der Waals surface area contributed by atoms with Crippen molar-refractivity contribution in [3.8, 4) is 5.75 Å². The van der Waals surface area contributed by atoms with Crippen LogP contribution in [0, 0.1) is 10.1 Å². The molecule has 31 heavy (non-hydrogen) atoms. The van der Waals surface area contributed by atoms with Crippen LogP contribution in [0.4, 0.5) is 17.1 Å². The Balaban J connectivity index is 1.75. The zero-order chi connectivity index (χ0) is 22.0. The number of anilines is 2. The van der Waals surface area contributed by atoms with Crippen LogP contribution in [-0.4, -0.2) is 28.5 Å². The van der Waals surface area contributed by atoms with Crippen molar-refractivity contribution in [3.05, 3.63) is 94.0 Å². The summed E-state index contributed by atoms with van der Waals surface area (Å²) in [6, 6.07) is 19.5. The summed E-state index contributed by atoms with van der Waals surface area (Å²) < 4.78 is 5.15. The lowest BCUT2D eigenvalue weighted by Gasteiger charge is -2.38. The van der Waals surface area contributed by atoms with Crippen LogP contribution in [-0.2, 0) is 4.79 Å². The van der Waals surface area contributed by atoms with Crippen molar-refractivity contribution < 1.29 is 24.4 Å². The molecule has 9 nitrogen and oxygen atoms in total. The number of rotatable bonds is 6. The molecule has 1 amide bonds. The number of aliphatic carboxylic acids is 1. The minimum Gasteiger partial charge on any atom is -0.482 e. The lowest BCUT2D eigenvalue weighted by Crippen LogP contribution is -2.43. The van der Waals surface area contributed by atoms with Gasteiger partial charge in [0, 0.05) is 29.1 Å². The van der Waals surface area contributed by atoms with Crippen molar-refractivity contribution in [1.29, 1.82) is 0 Å². The molecule has 3 aromatic carbocycles. The summed E-state index contributed by atoms with van der Waals surface area (Å²) in [6.07, 6.45) is -0.687. The van der Waals surface area contributed by atoms with E-state index in [-0.39, 0.29) is 11.6 Å². The minimum atomic E-state index is -1.10. The standard InChI is InChI=1S/C22H17N3O6/c26-20(27)13-31-17-10-8-15(9-11-17)24-21(14-4-3-5-16(12-14)25(29)30)23-19-7-2-1-6-18(19)22(24)28/h1-12,21,23H,13H2,(H,26,27)/t21-/m1/s1. The summed E-state index contributed by atoms with van der Waals surface area (Å²) in [5.41, 5.74) is 2.08. The predicted molar refractivity (Wildman–Crippen MR) is 112 cm³/mol. The van der Waals surface area contributed by atoms with Gasteiger partial charge in [-0.25, -0.2) is 4.79 Å². The number of carboxylic acids is 1. The van der Waals surface area contributed by atoms with Gasteiger partial charge in [-0.1, -0.05) is 24.3 Å². The molecule has 0 radical (unpaired) electrons. The lowest BCUT2D eigenvalue weighted by atomic mass is 10.0. The first kappa shape index (κ1) is 19.9. The maximum atomic E-state index is 13.4. The number of amides is 1. The lowest BCUT2D eigenvalue weighted by molar-refractivity contribution is -0.384. The van der Waals surface area contributed by atoms with Crippen molar-refractivity contribution >= 4 is 28.9 Å². The highest BCUT2D eigenvalue weighted by atomic mass is 16.6. The number of para-hydroxylation sites is 1. The monoisotopic (exact) mass is 419 g/mol. The number of carbonyl (C=O) groups excluding carboxylic acids is 1. The molecule has 0 spiro atoms. The molecular weight excluding hydrogens is 402 g/mol. The molecule has 0 fully saturated rings. The molecular formula is C22H17N3O6. The SMILES string of the molecule is O=C(O)COc1ccc(N2C(=O)c3ccccc3N[C@H]2c2cccc([N+](=O)[O-])c2)cc1. The summed E-state index contributed by atoms with van der Waals surface area (Å²) in [5.74, 6) is -1.03. The third kappa shape index (κ3) is 4.01. The third-order valence-corrected chi connectivity index (χ3v) is 4.80. The number of hydrogen-bond acceptors (Lipinski definition) is 6. The number of nitro benzene ring substituents is 1. The van der Waals surface area contributed by atoms with E-state index < -0.39 is 23.7 Å². The van der Waals surface area contributed by atoms with Crippen LogP contribution in [0.3, 0.4) is 0 Å². The number of carbonyl (C=O) groups is 2. The first-order valence-corrected chi connectivity index (χ1v) is 9.32. The largest absolute Gasteiger partial charge is 0.482 e. The van der Waals surface area contributed by atoms with Gasteiger partial charge in [-0.05, 0) is 36.4 Å². The maximum absolute atomic E-state index is 13.4. The highest BCUT2D eigenvalue weighted by Crippen LogP contribution is 2.37. The molecule has 0 saturated carbocycles. The fourth-order valence-electron chi connectivity index (χ4n) is 3.41. The molecule has 1 aliphatic heterocycles. The van der Waals surface area contributed by atoms with Gasteiger partial charge in [-0.2, -0.15) is 0 Å². The zero-order valence-electron chi connectivity index (χ0n) is 16.1. The van der Waals surface area contributed by atoms with E-state index in [0.717, 1.165) is 0 Å². The summed E-state index contributed by atoms with van der Waals surface area (Å²) >= 11 is 0. The average Bonchev–Trinajstić information content (AvgIpc) is 2.78. The number of nitrogens with zero attached hydrogens (tertiary/aromatic N) is 2. The highest BCUT2D eigenvalue weighted by Gasteiger charge is 2.34. The van der Waals surface area contributed by atoms with Crippen molar-refractivity contribution in [2.24, 2.45) is 0 Å². The number of hydrogen-bond donors (Lipinski definition) is 2. The number of nitro groups is 1. The van der Waals surface area contributed by atoms with Crippen LogP contribution in [0.25, 0.3) is 0 Å². The van der Waals surface area contributed by atoms with Crippen LogP contribution in [0.5, 0.6) is 5.75 Å². The van der Waals surface area contributed by atoms with E-state index in [1.54, 1.807) is 60.7 Å². The van der Waals surface area contributed by atoms with Crippen molar-refractivity contribution in [3.63, 3.8) is 0 Å². The number of carboxylic acid groups (broad SMARTS) is 1. The summed E-state index contributed by atoms with van der Waals surface area (Å²) in [5, 5.41) is 23.3. The van der Waals surface area contributed by atoms with E-state index in [0.29, 0.717) is 28.3 Å². The Hall–Kier alpha value is -4.40. The quantitative estimate of drug-likeness (QED) is 0.460. The van der Waals surface area contributed by atoms with Gasteiger partial charge in [-0.15, -0.1) is 0 Å². The first-order valence-electron chi connectivity index (χ1n) is 9.32. The van der Waals surface area contributed by atoms with Crippen molar-refractivity contribution in [2.75, 3.05) is 16.8 Å². The molecule has 9 heteroatoms. The molecule has 0 saturated heterocycles. The molecule has 0 aromatic heterocycles. The Labute approximate surface area is 176 Å². The molecule has 3 aromatic rings. The Morgan fingerprint density at radius 1 is 1.10 bits per heavy atom. The van der Waals surface area contributed by atoms with Crippen LogP contribution in [0.1, 0.15) is 22.1 Å². The topological polar surface area (TPSA) is 122 Å². The molecule has 0 unspecified atom stereocenters. The first-order chi connectivity index (χ1) is 14.9. The van der Waals surface area contributed by atoms with Crippen LogP contribution < -0.4 is 15.0 Å². The molecule has 156 valence electrons. The Kier molecular flexibility index (Phi) is 5.23. The smallest absolute Gasteiger partial charge is 0.341 e. The maximum Gasteiger partial charge on any atom is 0.341 e. The molecule has 1 aliphatic rings. The van der Waals surface area contributed by atoms with Gasteiger partial charge in [0.2, 0.25) is 0 Å². The number of benzene rings is 3. The van der Waals surface area contributed by atoms with E-state index in [4.69, 9.17) is 9.84 Å². The predicted octanol–water partition coefficient (Wildman–Crippen LogP) is 3.83. The van der Waals surface area contributed by atoms with E-state index in [2.05, 4.69) is 5.32 Å². The molecule has 1 heterocycles. The fourth-order valence-corrected chi connectivity index (χ4v) is 3.41. The van der Waals surface area contributed by atoms with Gasteiger partial charge < -0.3 is 15.2 Å². The zero-order valence-corrected chi connectivity index (χ0v) is 16.1. The van der Waals surface area contributed by atoms with Gasteiger partial charge in [0.1, 0.15) is 11.9 Å². The van der Waals surface area contributed by atoms with Crippen LogP contribution >= 0.6 is 0 Å². The van der Waals surface area contributed by atoms with Crippen LogP contribution in [0.2, 0.25) is 0 Å². The molecule has 1 atom stereocenters. The summed E-state index contributed by atoms with van der Waals surface area (Å²) in [6.45, 7) is -0.479. The number of non-ortho nitro benzene ring substituents is 1. The Morgan fingerprint density at radius 3 is 2.55 bits per heavy atom. The summed E-state index contributed by atoms with van der Waals surface area (Å²) in [7, 11) is 0. The molecule has 2 N–H and O–H groups in total. The van der Waals surface area contributed by atoms with E-state index in [1.165, 1.54) is 17.0 Å². The Bertz CT molecular complexity index is 1160. The molecule has 0 bridgehead atoms. The van der Waals surface area contributed by atoms with Crippen molar-refractivity contribution in [2.45, 2.75) is 6.17 Å². The van der Waals surface area contributed by atoms with Gasteiger partial charge >= 0.3 is 5.97 Å². The average molecular weight is 419 g/mol. The number of fused-ring (bicyclic) bond motifs is 1. The fraction of sp³-hybridized carbons (Fsp3) is 0.0909. The van der Waals surface area contributed by atoms with Crippen molar-refractivity contribution in [1.82, 2.24) is 0 Å². The second-order valence-electron chi connectivity index (χ2n) is 6.80. The highest BCUT2D eigenvalue weighted by molar-refractivity contribution is 6.12. The molecule has 4 rings (SSSR count). The van der Waals surface area contributed by atoms with E-state index in [1.807, 2.05) is 0 Å². The third-order valence-electron chi connectivity index (χ3n) is 4.80. The van der Waals surface area contributed by atoms with E-state index in [9.17, 15) is 19.7 Å². The molecule has 0 aliphatic carbocycles. The van der Waals surface area contributed by atoms with Gasteiger partial charge in [-0.3, -0.25) is 19.8 Å². The minimum absolute atomic E-state index is 0.0806. The normalized spacial score (nSPS) is 15.0. The number of nitrogens with one attached hydrogen (secondary N) is 1. The van der Waals surface area contributed by atoms with E-state index >= 15 is 0 Å². The summed E-state index contributed by atoms with van der Waals surface area (Å²) in [4.78, 5) is 36.3.